The van der Waals surface area contributed by atoms with Gasteiger partial charge >= 0.3 is 5.97 Å². The maximum atomic E-state index is 10.9. The van der Waals surface area contributed by atoms with Crippen LogP contribution in [0.1, 0.15) is 39.5 Å². The average molecular weight is 371 g/mol. The van der Waals surface area contributed by atoms with Crippen LogP contribution in [-0.2, 0) is 9.53 Å². The van der Waals surface area contributed by atoms with Gasteiger partial charge in [0.25, 0.3) is 0 Å². The molecule has 0 fully saturated rings. The first-order valence-electron chi connectivity index (χ1n) is 6.33. The quantitative estimate of drug-likeness (QED) is 0.225. The Morgan fingerprint density at radius 3 is 2.22 bits per heavy atom. The molecule has 0 unspecified atom stereocenters. The van der Waals surface area contributed by atoms with Crippen molar-refractivity contribution in [1.82, 2.24) is 10.6 Å². The van der Waals surface area contributed by atoms with Crippen molar-refractivity contribution in [2.45, 2.75) is 39.5 Å². The lowest BCUT2D eigenvalue weighted by Crippen LogP contribution is -2.37. The predicted molar refractivity (Wildman–Crippen MR) is 85.6 cm³/mol. The number of hydrogen-bond acceptors (Lipinski definition) is 3. The Hall–Kier alpha value is -0.530. The SMILES string of the molecule is CCNC(=NCCCCCC(=O)OC)NCC.I. The number of esters is 1. The van der Waals surface area contributed by atoms with E-state index < -0.39 is 0 Å². The second kappa shape index (κ2) is 14.5. The third-order valence-corrected chi connectivity index (χ3v) is 2.23. The number of carbonyl (C=O) groups is 1. The van der Waals surface area contributed by atoms with Crippen LogP contribution in [0.25, 0.3) is 0 Å². The van der Waals surface area contributed by atoms with E-state index in [0.717, 1.165) is 44.9 Å². The summed E-state index contributed by atoms with van der Waals surface area (Å²) in [7, 11) is 1.42. The van der Waals surface area contributed by atoms with Gasteiger partial charge in [-0.3, -0.25) is 9.79 Å². The van der Waals surface area contributed by atoms with E-state index in [2.05, 4.69) is 20.4 Å². The van der Waals surface area contributed by atoms with Gasteiger partial charge in [0.15, 0.2) is 5.96 Å². The van der Waals surface area contributed by atoms with Crippen molar-refractivity contribution in [2.24, 2.45) is 4.99 Å². The van der Waals surface area contributed by atoms with Crippen LogP contribution in [0.5, 0.6) is 0 Å². The largest absolute Gasteiger partial charge is 0.469 e. The summed E-state index contributed by atoms with van der Waals surface area (Å²) in [5.74, 6) is 0.734. The second-order valence-electron chi connectivity index (χ2n) is 3.68. The highest BCUT2D eigenvalue weighted by molar-refractivity contribution is 14.0. The number of aliphatic imine (C=N–C) groups is 1. The van der Waals surface area contributed by atoms with Gasteiger partial charge in [0.05, 0.1) is 7.11 Å². The minimum Gasteiger partial charge on any atom is -0.469 e. The number of carbonyl (C=O) groups excluding carboxylic acids is 1. The molecule has 0 aliphatic rings. The van der Waals surface area contributed by atoms with Crippen LogP contribution < -0.4 is 10.6 Å². The number of guanidine groups is 1. The van der Waals surface area contributed by atoms with Crippen LogP contribution >= 0.6 is 24.0 Å². The molecular weight excluding hydrogens is 345 g/mol. The highest BCUT2D eigenvalue weighted by Crippen LogP contribution is 2.00. The van der Waals surface area contributed by atoms with Crippen molar-refractivity contribution in [3.8, 4) is 0 Å². The number of halogens is 1. The molecule has 18 heavy (non-hydrogen) atoms. The lowest BCUT2D eigenvalue weighted by Gasteiger charge is -2.08. The molecule has 0 aromatic carbocycles. The predicted octanol–water partition coefficient (Wildman–Crippen LogP) is 1.91. The Bertz CT molecular complexity index is 227. The van der Waals surface area contributed by atoms with Gasteiger partial charge in [-0.25, -0.2) is 0 Å². The number of ether oxygens (including phenoxy) is 1. The molecule has 0 aliphatic carbocycles. The maximum Gasteiger partial charge on any atom is 0.305 e. The molecule has 0 heterocycles. The van der Waals surface area contributed by atoms with E-state index in [1.165, 1.54) is 7.11 Å². The van der Waals surface area contributed by atoms with Gasteiger partial charge in [0.1, 0.15) is 0 Å². The molecule has 0 aliphatic heterocycles. The minimum atomic E-state index is -0.130. The Kier molecular flexibility index (Phi) is 16.0. The van der Waals surface area contributed by atoms with Gasteiger partial charge in [-0.15, -0.1) is 24.0 Å². The van der Waals surface area contributed by atoms with Gasteiger partial charge in [-0.05, 0) is 26.7 Å². The first-order chi connectivity index (χ1) is 8.24. The van der Waals surface area contributed by atoms with Gasteiger partial charge < -0.3 is 15.4 Å². The zero-order valence-electron chi connectivity index (χ0n) is 11.6. The van der Waals surface area contributed by atoms with Gasteiger partial charge in [-0.2, -0.15) is 0 Å². The summed E-state index contributed by atoms with van der Waals surface area (Å²) < 4.78 is 4.57. The number of methoxy groups -OCH3 is 1. The van der Waals surface area contributed by atoms with Gasteiger partial charge in [0, 0.05) is 26.1 Å². The van der Waals surface area contributed by atoms with E-state index in [9.17, 15) is 4.79 Å². The molecule has 0 rings (SSSR count). The normalized spacial score (nSPS) is 9.06. The fraction of sp³-hybridized carbons (Fsp3) is 0.833. The summed E-state index contributed by atoms with van der Waals surface area (Å²) in [4.78, 5) is 15.3. The van der Waals surface area contributed by atoms with Crippen LogP contribution in [0.4, 0.5) is 0 Å². The Labute approximate surface area is 127 Å². The van der Waals surface area contributed by atoms with Crippen LogP contribution in [0.15, 0.2) is 4.99 Å². The number of rotatable bonds is 8. The first kappa shape index (κ1) is 19.8. The summed E-state index contributed by atoms with van der Waals surface area (Å²) in [6.45, 7) is 6.62. The van der Waals surface area contributed by atoms with Crippen LogP contribution in [-0.4, -0.2) is 38.7 Å². The van der Waals surface area contributed by atoms with Crippen molar-refractivity contribution >= 4 is 35.9 Å². The van der Waals surface area contributed by atoms with Gasteiger partial charge in [-0.1, -0.05) is 6.42 Å². The molecule has 0 bridgehead atoms. The molecule has 5 nitrogen and oxygen atoms in total. The van der Waals surface area contributed by atoms with E-state index >= 15 is 0 Å². The summed E-state index contributed by atoms with van der Waals surface area (Å²) in [6.07, 6.45) is 3.38. The van der Waals surface area contributed by atoms with Crippen molar-refractivity contribution in [2.75, 3.05) is 26.7 Å². The van der Waals surface area contributed by atoms with Crippen molar-refractivity contribution in [1.29, 1.82) is 0 Å². The molecular formula is C12H26IN3O2. The maximum absolute atomic E-state index is 10.9. The smallest absolute Gasteiger partial charge is 0.305 e. The summed E-state index contributed by atoms with van der Waals surface area (Å²) in [5.41, 5.74) is 0. The zero-order chi connectivity index (χ0) is 12.9. The van der Waals surface area contributed by atoms with Crippen molar-refractivity contribution in [3.05, 3.63) is 0 Å². The molecule has 0 saturated heterocycles. The molecule has 2 N–H and O–H groups in total. The van der Waals surface area contributed by atoms with E-state index in [4.69, 9.17) is 0 Å². The van der Waals surface area contributed by atoms with E-state index in [1.807, 2.05) is 13.8 Å². The zero-order valence-corrected chi connectivity index (χ0v) is 14.0. The summed E-state index contributed by atoms with van der Waals surface area (Å²) in [5, 5.41) is 6.33. The molecule has 0 aromatic rings. The fourth-order valence-corrected chi connectivity index (χ4v) is 1.36. The lowest BCUT2D eigenvalue weighted by atomic mass is 10.2. The molecule has 0 saturated carbocycles. The van der Waals surface area contributed by atoms with Gasteiger partial charge in [0.2, 0.25) is 0 Å². The molecule has 0 amide bonds. The molecule has 6 heteroatoms. The Morgan fingerprint density at radius 2 is 1.72 bits per heavy atom. The number of nitrogens with one attached hydrogen (secondary N) is 2. The van der Waals surface area contributed by atoms with E-state index in [1.54, 1.807) is 0 Å². The highest BCUT2D eigenvalue weighted by atomic mass is 127. The van der Waals surface area contributed by atoms with Crippen LogP contribution in [0.2, 0.25) is 0 Å². The number of nitrogens with zero attached hydrogens (tertiary/aromatic N) is 1. The summed E-state index contributed by atoms with van der Waals surface area (Å²) in [6, 6.07) is 0. The van der Waals surface area contributed by atoms with Crippen LogP contribution in [0.3, 0.4) is 0 Å². The topological polar surface area (TPSA) is 62.7 Å². The average Bonchev–Trinajstić information content (AvgIpc) is 2.33. The molecule has 0 radical (unpaired) electrons. The molecule has 0 spiro atoms. The highest BCUT2D eigenvalue weighted by Gasteiger charge is 1.99. The van der Waals surface area contributed by atoms with E-state index in [-0.39, 0.29) is 29.9 Å². The second-order valence-corrected chi connectivity index (χ2v) is 3.68. The minimum absolute atomic E-state index is 0. The first-order valence-corrected chi connectivity index (χ1v) is 6.33. The standard InChI is InChI=1S/C12H25N3O2.HI/c1-4-13-12(14-5-2)15-10-8-6-7-9-11(16)17-3;/h4-10H2,1-3H3,(H2,13,14,15);1H. The molecule has 108 valence electrons. The third-order valence-electron chi connectivity index (χ3n) is 2.23. The van der Waals surface area contributed by atoms with Crippen molar-refractivity contribution < 1.29 is 9.53 Å². The van der Waals surface area contributed by atoms with E-state index in [0.29, 0.717) is 6.42 Å². The molecule has 0 aromatic heterocycles. The third kappa shape index (κ3) is 11.9. The Morgan fingerprint density at radius 1 is 1.11 bits per heavy atom. The van der Waals surface area contributed by atoms with Crippen molar-refractivity contribution in [3.63, 3.8) is 0 Å². The van der Waals surface area contributed by atoms with Crippen LogP contribution in [0, 0.1) is 0 Å². The molecule has 0 atom stereocenters. The fourth-order valence-electron chi connectivity index (χ4n) is 1.36. The monoisotopic (exact) mass is 371 g/mol. The Balaban J connectivity index is 0. The summed E-state index contributed by atoms with van der Waals surface area (Å²) >= 11 is 0. The lowest BCUT2D eigenvalue weighted by molar-refractivity contribution is -0.140. The number of unbranched alkanes of at least 4 members (excludes halogenated alkanes) is 2. The number of hydrogen-bond donors (Lipinski definition) is 2.